The molecule has 0 N–H and O–H groups in total. The predicted octanol–water partition coefficient (Wildman–Crippen LogP) is 3.26. The van der Waals surface area contributed by atoms with Crippen LogP contribution in [0.5, 0.6) is 0 Å². The van der Waals surface area contributed by atoms with E-state index in [2.05, 4.69) is 0 Å². The van der Waals surface area contributed by atoms with Gasteiger partial charge in [0.15, 0.2) is 0 Å². The maximum atomic E-state index is 12.6. The zero-order valence-electron chi connectivity index (χ0n) is 13.6. The zero-order valence-corrected chi connectivity index (χ0v) is 16.2. The predicted molar refractivity (Wildman–Crippen MR) is 99.1 cm³/mol. The van der Waals surface area contributed by atoms with E-state index in [4.69, 9.17) is 13.6 Å². The summed E-state index contributed by atoms with van der Waals surface area (Å²) in [6.45, 7) is 0. The third-order valence-corrected chi connectivity index (χ3v) is 7.69. The summed E-state index contributed by atoms with van der Waals surface area (Å²) in [6, 6.07) is 18.4. The van der Waals surface area contributed by atoms with Gasteiger partial charge in [-0.15, -0.1) is 0 Å². The monoisotopic (exact) mass is 398 g/mol. The summed E-state index contributed by atoms with van der Waals surface area (Å²) in [5.74, 6) is 0.561. The van der Waals surface area contributed by atoms with Gasteiger partial charge in [0.25, 0.3) is 0 Å². The van der Waals surface area contributed by atoms with Crippen molar-refractivity contribution in [2.24, 2.45) is 0 Å². The highest BCUT2D eigenvalue weighted by Crippen LogP contribution is 2.49. The van der Waals surface area contributed by atoms with Gasteiger partial charge in [0, 0.05) is 16.9 Å². The summed E-state index contributed by atoms with van der Waals surface area (Å²) >= 11 is 0. The Kier molecular flexibility index (Phi) is 6.87. The highest BCUT2D eigenvalue weighted by molar-refractivity contribution is 7.85. The lowest BCUT2D eigenvalue weighted by molar-refractivity contribution is 0.193. The lowest BCUT2D eigenvalue weighted by atomic mass is 10.3. The van der Waals surface area contributed by atoms with Crippen molar-refractivity contribution in [1.82, 2.24) is 0 Å². The Morgan fingerprint density at radius 2 is 1.24 bits per heavy atom. The van der Waals surface area contributed by atoms with E-state index in [9.17, 15) is 8.42 Å². The van der Waals surface area contributed by atoms with Gasteiger partial charge < -0.3 is 13.6 Å². The maximum absolute atomic E-state index is 12.6. The number of rotatable bonds is 7. The van der Waals surface area contributed by atoms with Gasteiger partial charge in [0.1, 0.15) is 12.2 Å². The van der Waals surface area contributed by atoms with E-state index in [1.54, 1.807) is 0 Å². The highest BCUT2D eigenvalue weighted by atomic mass is 32.2. The van der Waals surface area contributed by atoms with E-state index in [0.717, 1.165) is 9.79 Å². The average molecular weight is 398 g/mol. The molecule has 134 valence electrons. The molecule has 25 heavy (non-hydrogen) atoms. The van der Waals surface area contributed by atoms with Crippen molar-refractivity contribution in [3.8, 4) is 0 Å². The molecule has 0 saturated carbocycles. The van der Waals surface area contributed by atoms with Gasteiger partial charge >= 0.3 is 8.60 Å². The largest absolute Gasteiger partial charge is 0.333 e. The van der Waals surface area contributed by atoms with Gasteiger partial charge in [-0.1, -0.05) is 36.4 Å². The van der Waals surface area contributed by atoms with E-state index in [0.29, 0.717) is 0 Å². The molecule has 1 aliphatic rings. The lowest BCUT2D eigenvalue weighted by Gasteiger charge is -2.15. The summed E-state index contributed by atoms with van der Waals surface area (Å²) < 4.78 is 41.8. The SMILES string of the molecule is COP1OC(CS(=O)c2ccccc2)C(CS(=O)c2ccccc2)O1. The second kappa shape index (κ2) is 9.12. The summed E-state index contributed by atoms with van der Waals surface area (Å²) in [5.41, 5.74) is 0. The molecule has 0 aliphatic carbocycles. The molecule has 4 unspecified atom stereocenters. The summed E-state index contributed by atoms with van der Waals surface area (Å²) in [5, 5.41) is 0. The molecule has 1 heterocycles. The molecule has 8 heteroatoms. The molecule has 1 aliphatic heterocycles. The number of hydrogen-bond donors (Lipinski definition) is 0. The van der Waals surface area contributed by atoms with Crippen molar-refractivity contribution in [1.29, 1.82) is 0 Å². The molecule has 0 radical (unpaired) electrons. The van der Waals surface area contributed by atoms with Crippen LogP contribution >= 0.6 is 8.60 Å². The molecule has 4 atom stereocenters. The van der Waals surface area contributed by atoms with Crippen molar-refractivity contribution in [2.45, 2.75) is 22.0 Å². The van der Waals surface area contributed by atoms with Gasteiger partial charge in [-0.3, -0.25) is 8.42 Å². The van der Waals surface area contributed by atoms with Gasteiger partial charge in [-0.05, 0) is 24.3 Å². The van der Waals surface area contributed by atoms with E-state index >= 15 is 0 Å². The first-order valence-corrected chi connectivity index (χ1v) is 11.5. The molecular weight excluding hydrogens is 379 g/mol. The van der Waals surface area contributed by atoms with Crippen LogP contribution in [0, 0.1) is 0 Å². The number of hydrogen-bond acceptors (Lipinski definition) is 5. The third-order valence-electron chi connectivity index (χ3n) is 3.65. The molecule has 2 aromatic carbocycles. The molecule has 2 aromatic rings. The Bertz CT molecular complexity index is 667. The van der Waals surface area contributed by atoms with Gasteiger partial charge in [-0.2, -0.15) is 0 Å². The first-order chi connectivity index (χ1) is 12.2. The minimum absolute atomic E-state index is 0.281. The fourth-order valence-electron chi connectivity index (χ4n) is 2.38. The van der Waals surface area contributed by atoms with Crippen LogP contribution in [-0.2, 0) is 35.2 Å². The van der Waals surface area contributed by atoms with Crippen molar-refractivity contribution in [2.75, 3.05) is 18.6 Å². The maximum Gasteiger partial charge on any atom is 0.333 e. The molecule has 0 aromatic heterocycles. The topological polar surface area (TPSA) is 61.8 Å². The van der Waals surface area contributed by atoms with Crippen LogP contribution in [0.1, 0.15) is 0 Å². The summed E-state index contributed by atoms with van der Waals surface area (Å²) in [7, 11) is -2.42. The minimum atomic E-state index is -1.49. The van der Waals surface area contributed by atoms with Crippen LogP contribution in [0.3, 0.4) is 0 Å². The fourth-order valence-corrected chi connectivity index (χ4v) is 6.13. The van der Waals surface area contributed by atoms with Gasteiger partial charge in [0.05, 0.1) is 33.1 Å². The van der Waals surface area contributed by atoms with E-state index < -0.39 is 42.4 Å². The Morgan fingerprint density at radius 1 is 0.840 bits per heavy atom. The first-order valence-electron chi connectivity index (χ1n) is 7.72. The molecule has 1 saturated heterocycles. The van der Waals surface area contributed by atoms with Crippen LogP contribution in [-0.4, -0.2) is 39.2 Å². The Balaban J connectivity index is 1.68. The Hall–Kier alpha value is -0.950. The molecule has 0 bridgehead atoms. The lowest BCUT2D eigenvalue weighted by Crippen LogP contribution is -2.32. The molecule has 0 amide bonds. The Morgan fingerprint density at radius 3 is 1.60 bits per heavy atom. The highest BCUT2D eigenvalue weighted by Gasteiger charge is 2.40. The normalized spacial score (nSPS) is 25.6. The average Bonchev–Trinajstić information content (AvgIpc) is 3.04. The van der Waals surface area contributed by atoms with E-state index in [1.807, 2.05) is 60.7 Å². The van der Waals surface area contributed by atoms with Gasteiger partial charge in [-0.25, -0.2) is 0 Å². The second-order valence-electron chi connectivity index (χ2n) is 5.34. The smallest absolute Gasteiger partial charge is 0.316 e. The van der Waals surface area contributed by atoms with Crippen LogP contribution in [0.25, 0.3) is 0 Å². The number of benzene rings is 2. The first kappa shape index (κ1) is 18.8. The molecular formula is C17H19O5PS2. The quantitative estimate of drug-likeness (QED) is 0.670. The van der Waals surface area contributed by atoms with Crippen LogP contribution in [0.2, 0.25) is 0 Å². The standard InChI is InChI=1S/C17H19O5PS2/c1-20-23-21-16(12-24(18)14-8-4-2-5-9-14)17(22-23)13-25(19)15-10-6-3-7-11-15/h2-11,16-17H,12-13H2,1H3. The minimum Gasteiger partial charge on any atom is -0.316 e. The van der Waals surface area contributed by atoms with Crippen LogP contribution < -0.4 is 0 Å². The summed E-state index contributed by atoms with van der Waals surface area (Å²) in [4.78, 5) is 1.48. The third kappa shape index (κ3) is 5.03. The Labute approximate surface area is 153 Å². The molecule has 5 nitrogen and oxygen atoms in total. The van der Waals surface area contributed by atoms with E-state index in [1.165, 1.54) is 7.11 Å². The molecule has 0 spiro atoms. The van der Waals surface area contributed by atoms with Crippen molar-refractivity contribution in [3.05, 3.63) is 60.7 Å². The molecule has 3 rings (SSSR count). The van der Waals surface area contributed by atoms with Crippen molar-refractivity contribution in [3.63, 3.8) is 0 Å². The zero-order chi connectivity index (χ0) is 17.6. The fraction of sp³-hybridized carbons (Fsp3) is 0.294. The summed E-state index contributed by atoms with van der Waals surface area (Å²) in [6.07, 6.45) is -0.834. The van der Waals surface area contributed by atoms with E-state index in [-0.39, 0.29) is 11.5 Å². The second-order valence-corrected chi connectivity index (χ2v) is 9.57. The van der Waals surface area contributed by atoms with Gasteiger partial charge in [0.2, 0.25) is 0 Å². The molecule has 1 fully saturated rings. The van der Waals surface area contributed by atoms with Crippen LogP contribution in [0.15, 0.2) is 70.5 Å². The van der Waals surface area contributed by atoms with Crippen molar-refractivity contribution < 1.29 is 22.0 Å². The van der Waals surface area contributed by atoms with Crippen LogP contribution in [0.4, 0.5) is 0 Å². The van der Waals surface area contributed by atoms with Crippen molar-refractivity contribution >= 4 is 30.2 Å².